The first-order chi connectivity index (χ1) is 9.69. The average Bonchev–Trinajstić information content (AvgIpc) is 2.95. The van der Waals surface area contributed by atoms with Crippen LogP contribution in [0.2, 0.25) is 0 Å². The van der Waals surface area contributed by atoms with Crippen LogP contribution >= 0.6 is 0 Å². The molecule has 0 bridgehead atoms. The van der Waals surface area contributed by atoms with Crippen LogP contribution in [0.1, 0.15) is 42.2 Å². The molecule has 5 heteroatoms. The van der Waals surface area contributed by atoms with Crippen molar-refractivity contribution in [2.24, 2.45) is 0 Å². The summed E-state index contributed by atoms with van der Waals surface area (Å²) in [5, 5.41) is 6.14. The zero-order valence-electron chi connectivity index (χ0n) is 12.2. The van der Waals surface area contributed by atoms with E-state index in [1.54, 1.807) is 6.07 Å². The number of nitrogens with one attached hydrogen (secondary N) is 2. The molecule has 1 aromatic rings. The van der Waals surface area contributed by atoms with Gasteiger partial charge in [0.15, 0.2) is 0 Å². The minimum atomic E-state index is -0.0643. The Kier molecular flexibility index (Phi) is 5.35. The molecule has 1 fully saturated rings. The number of rotatable bonds is 6. The van der Waals surface area contributed by atoms with Crippen molar-refractivity contribution in [2.75, 3.05) is 25.0 Å². The van der Waals surface area contributed by atoms with E-state index in [-0.39, 0.29) is 12.0 Å². The average molecular weight is 277 g/mol. The Morgan fingerprint density at radius 2 is 2.35 bits per heavy atom. The molecule has 2 heterocycles. The van der Waals surface area contributed by atoms with Gasteiger partial charge in [0.25, 0.3) is 5.91 Å². The molecule has 1 saturated heterocycles. The van der Waals surface area contributed by atoms with Gasteiger partial charge < -0.3 is 15.4 Å². The van der Waals surface area contributed by atoms with Gasteiger partial charge in [-0.15, -0.1) is 0 Å². The molecule has 1 aliphatic rings. The maximum atomic E-state index is 12.2. The van der Waals surface area contributed by atoms with E-state index in [1.165, 1.54) is 0 Å². The summed E-state index contributed by atoms with van der Waals surface area (Å²) < 4.78 is 5.50. The molecule has 0 aliphatic carbocycles. The molecule has 0 radical (unpaired) electrons. The number of carbonyl (C=O) groups is 1. The number of ether oxygens (including phenoxy) is 1. The Morgan fingerprint density at radius 3 is 3.05 bits per heavy atom. The van der Waals surface area contributed by atoms with Crippen molar-refractivity contribution in [3.63, 3.8) is 0 Å². The normalized spacial score (nSPS) is 18.0. The first-order valence-corrected chi connectivity index (χ1v) is 7.31. The van der Waals surface area contributed by atoms with E-state index in [4.69, 9.17) is 4.74 Å². The van der Waals surface area contributed by atoms with Crippen molar-refractivity contribution in [1.82, 2.24) is 10.3 Å². The number of nitrogens with zero attached hydrogens (tertiary/aromatic N) is 1. The van der Waals surface area contributed by atoms with Crippen molar-refractivity contribution in [1.29, 1.82) is 0 Å². The first-order valence-electron chi connectivity index (χ1n) is 7.31. The number of carbonyl (C=O) groups excluding carboxylic acids is 1. The fourth-order valence-electron chi connectivity index (χ4n) is 2.26. The lowest BCUT2D eigenvalue weighted by molar-refractivity contribution is 0.0857. The molecule has 0 saturated carbocycles. The summed E-state index contributed by atoms with van der Waals surface area (Å²) in [5.74, 6) is 0.694. The van der Waals surface area contributed by atoms with Gasteiger partial charge in [-0.2, -0.15) is 0 Å². The van der Waals surface area contributed by atoms with Gasteiger partial charge in [0.2, 0.25) is 0 Å². The summed E-state index contributed by atoms with van der Waals surface area (Å²) in [6.07, 6.45) is 3.30. The van der Waals surface area contributed by atoms with Crippen LogP contribution in [0.5, 0.6) is 0 Å². The maximum absolute atomic E-state index is 12.2. The van der Waals surface area contributed by atoms with Crippen LogP contribution in [0, 0.1) is 6.92 Å². The number of pyridine rings is 1. The summed E-state index contributed by atoms with van der Waals surface area (Å²) >= 11 is 0. The summed E-state index contributed by atoms with van der Waals surface area (Å²) in [5.41, 5.74) is 1.49. The van der Waals surface area contributed by atoms with E-state index in [0.29, 0.717) is 12.1 Å². The molecule has 5 nitrogen and oxygen atoms in total. The molecule has 2 N–H and O–H groups in total. The highest BCUT2D eigenvalue weighted by atomic mass is 16.5. The molecule has 1 unspecified atom stereocenters. The zero-order chi connectivity index (χ0) is 14.4. The SMILES string of the molecule is CCCNc1cc(C(=O)NCC2CCCO2)cc(C)n1. The van der Waals surface area contributed by atoms with E-state index in [2.05, 4.69) is 22.5 Å². The van der Waals surface area contributed by atoms with Crippen molar-refractivity contribution >= 4 is 11.7 Å². The van der Waals surface area contributed by atoms with Crippen LogP contribution in [0.4, 0.5) is 5.82 Å². The molecule has 1 amide bonds. The number of aryl methyl sites for hydroxylation is 1. The highest BCUT2D eigenvalue weighted by Gasteiger charge is 2.17. The largest absolute Gasteiger partial charge is 0.376 e. The highest BCUT2D eigenvalue weighted by molar-refractivity contribution is 5.95. The molecule has 1 aliphatic heterocycles. The third-order valence-corrected chi connectivity index (χ3v) is 3.29. The van der Waals surface area contributed by atoms with E-state index < -0.39 is 0 Å². The van der Waals surface area contributed by atoms with Gasteiger partial charge in [-0.3, -0.25) is 4.79 Å². The number of amides is 1. The topological polar surface area (TPSA) is 63.2 Å². The van der Waals surface area contributed by atoms with E-state index in [9.17, 15) is 4.79 Å². The van der Waals surface area contributed by atoms with Crippen molar-refractivity contribution < 1.29 is 9.53 Å². The van der Waals surface area contributed by atoms with Crippen LogP contribution in [-0.4, -0.2) is 36.7 Å². The predicted molar refractivity (Wildman–Crippen MR) is 79.1 cm³/mol. The Bertz CT molecular complexity index is 456. The molecule has 110 valence electrons. The monoisotopic (exact) mass is 277 g/mol. The second kappa shape index (κ2) is 7.24. The first kappa shape index (κ1) is 14.8. The van der Waals surface area contributed by atoms with Gasteiger partial charge in [0.05, 0.1) is 6.10 Å². The van der Waals surface area contributed by atoms with Gasteiger partial charge in [-0.1, -0.05) is 6.92 Å². The third-order valence-electron chi connectivity index (χ3n) is 3.29. The number of hydrogen-bond donors (Lipinski definition) is 2. The summed E-state index contributed by atoms with van der Waals surface area (Å²) in [6, 6.07) is 3.61. The second-order valence-corrected chi connectivity index (χ2v) is 5.15. The zero-order valence-corrected chi connectivity index (χ0v) is 12.2. The van der Waals surface area contributed by atoms with Crippen LogP contribution < -0.4 is 10.6 Å². The number of hydrogen-bond acceptors (Lipinski definition) is 4. The molecule has 1 aromatic heterocycles. The predicted octanol–water partition coefficient (Wildman–Crippen LogP) is 2.12. The highest BCUT2D eigenvalue weighted by Crippen LogP contribution is 2.12. The Balaban J connectivity index is 1.95. The summed E-state index contributed by atoms with van der Waals surface area (Å²) in [4.78, 5) is 16.5. The van der Waals surface area contributed by atoms with E-state index >= 15 is 0 Å². The van der Waals surface area contributed by atoms with Gasteiger partial charge in [0.1, 0.15) is 5.82 Å². The fourth-order valence-corrected chi connectivity index (χ4v) is 2.26. The van der Waals surface area contributed by atoms with Crippen LogP contribution in [0.25, 0.3) is 0 Å². The lowest BCUT2D eigenvalue weighted by Crippen LogP contribution is -2.31. The molecular formula is C15H23N3O2. The molecule has 0 spiro atoms. The third kappa shape index (κ3) is 4.20. The smallest absolute Gasteiger partial charge is 0.251 e. The van der Waals surface area contributed by atoms with Crippen LogP contribution in [0.15, 0.2) is 12.1 Å². The Morgan fingerprint density at radius 1 is 1.50 bits per heavy atom. The molecule has 20 heavy (non-hydrogen) atoms. The maximum Gasteiger partial charge on any atom is 0.251 e. The second-order valence-electron chi connectivity index (χ2n) is 5.15. The van der Waals surface area contributed by atoms with Gasteiger partial charge >= 0.3 is 0 Å². The molecule has 1 atom stereocenters. The lowest BCUT2D eigenvalue weighted by atomic mass is 10.2. The quantitative estimate of drug-likeness (QED) is 0.836. The fraction of sp³-hybridized carbons (Fsp3) is 0.600. The van der Waals surface area contributed by atoms with Crippen molar-refractivity contribution in [3.8, 4) is 0 Å². The lowest BCUT2D eigenvalue weighted by Gasteiger charge is -2.12. The summed E-state index contributed by atoms with van der Waals surface area (Å²) in [7, 11) is 0. The Hall–Kier alpha value is -1.62. The van der Waals surface area contributed by atoms with E-state index in [0.717, 1.165) is 43.9 Å². The van der Waals surface area contributed by atoms with Gasteiger partial charge in [-0.05, 0) is 38.3 Å². The minimum absolute atomic E-state index is 0.0643. The molecular weight excluding hydrogens is 254 g/mol. The standard InChI is InChI=1S/C15H23N3O2/c1-3-6-16-14-9-12(8-11(2)18-14)15(19)17-10-13-5-4-7-20-13/h8-9,13H,3-7,10H2,1-2H3,(H,16,18)(H,17,19). The van der Waals surface area contributed by atoms with Crippen LogP contribution in [-0.2, 0) is 4.74 Å². The van der Waals surface area contributed by atoms with Crippen LogP contribution in [0.3, 0.4) is 0 Å². The molecule has 2 rings (SSSR count). The number of aromatic nitrogens is 1. The Labute approximate surface area is 120 Å². The van der Waals surface area contributed by atoms with E-state index in [1.807, 2.05) is 13.0 Å². The minimum Gasteiger partial charge on any atom is -0.376 e. The van der Waals surface area contributed by atoms with Gasteiger partial charge in [0, 0.05) is 31.0 Å². The summed E-state index contributed by atoms with van der Waals surface area (Å²) in [6.45, 7) is 6.23. The van der Waals surface area contributed by atoms with Crippen molar-refractivity contribution in [3.05, 3.63) is 23.4 Å². The number of anilines is 1. The van der Waals surface area contributed by atoms with Crippen molar-refractivity contribution in [2.45, 2.75) is 39.2 Å². The van der Waals surface area contributed by atoms with Gasteiger partial charge in [-0.25, -0.2) is 4.98 Å². The molecule has 0 aromatic carbocycles.